The van der Waals surface area contributed by atoms with Gasteiger partial charge in [0.2, 0.25) is 0 Å². The molecule has 16 heavy (non-hydrogen) atoms. The summed E-state index contributed by atoms with van der Waals surface area (Å²) in [6.07, 6.45) is -5.23. The van der Waals surface area contributed by atoms with E-state index in [9.17, 15) is 21.6 Å². The lowest BCUT2D eigenvalue weighted by atomic mass is 10.3. The zero-order chi connectivity index (χ0) is 12.4. The van der Waals surface area contributed by atoms with Crippen molar-refractivity contribution in [1.29, 1.82) is 0 Å². The molecule has 4 nitrogen and oxygen atoms in total. The van der Waals surface area contributed by atoms with Gasteiger partial charge in [-0.2, -0.15) is 21.6 Å². The van der Waals surface area contributed by atoms with E-state index in [1.165, 1.54) is 0 Å². The molecule has 0 aromatic carbocycles. The average molecular weight is 262 g/mol. The Labute approximate surface area is 91.5 Å². The summed E-state index contributed by atoms with van der Waals surface area (Å²) in [6.45, 7) is 0. The van der Waals surface area contributed by atoms with Gasteiger partial charge in [0.15, 0.2) is 6.10 Å². The van der Waals surface area contributed by atoms with Gasteiger partial charge in [0.25, 0.3) is 10.1 Å². The molecule has 0 aromatic rings. The lowest BCUT2D eigenvalue weighted by Crippen LogP contribution is -2.40. The number of halogens is 3. The molecule has 0 saturated heterocycles. The molecule has 0 heterocycles. The molecule has 1 N–H and O–H groups in total. The summed E-state index contributed by atoms with van der Waals surface area (Å²) in [4.78, 5) is 0. The summed E-state index contributed by atoms with van der Waals surface area (Å²) in [6, 6.07) is 0. The van der Waals surface area contributed by atoms with Crippen LogP contribution >= 0.6 is 0 Å². The predicted octanol–water partition coefficient (Wildman–Crippen LogP) is 1.76. The molecule has 0 spiro atoms. The van der Waals surface area contributed by atoms with Crippen LogP contribution in [0.3, 0.4) is 0 Å². The van der Waals surface area contributed by atoms with Crippen molar-refractivity contribution in [3.05, 3.63) is 0 Å². The van der Waals surface area contributed by atoms with Crippen molar-refractivity contribution in [3.8, 4) is 0 Å². The van der Waals surface area contributed by atoms with Gasteiger partial charge < -0.3 is 4.74 Å². The van der Waals surface area contributed by atoms with Crippen LogP contribution in [0.5, 0.6) is 0 Å². The first kappa shape index (κ1) is 13.7. The Hall–Kier alpha value is -0.340. The first-order valence-electron chi connectivity index (χ1n) is 4.86. The molecule has 0 aliphatic heterocycles. The van der Waals surface area contributed by atoms with E-state index in [2.05, 4.69) is 4.74 Å². The van der Waals surface area contributed by atoms with Crippen molar-refractivity contribution in [2.45, 2.75) is 44.1 Å². The Bertz CT molecular complexity index is 319. The van der Waals surface area contributed by atoms with Crippen molar-refractivity contribution in [1.82, 2.24) is 0 Å². The Morgan fingerprint density at radius 1 is 1.31 bits per heavy atom. The smallest absolute Gasteiger partial charge is 0.364 e. The van der Waals surface area contributed by atoms with Crippen LogP contribution in [0, 0.1) is 0 Å². The fraction of sp³-hybridized carbons (Fsp3) is 1.00. The Morgan fingerprint density at radius 2 is 1.81 bits per heavy atom. The summed E-state index contributed by atoms with van der Waals surface area (Å²) in [5.41, 5.74) is 0. The molecule has 1 atom stereocenters. The fourth-order valence-corrected chi connectivity index (χ4v) is 2.31. The number of alkyl halides is 3. The first-order valence-corrected chi connectivity index (χ1v) is 6.47. The standard InChI is InChI=1S/C8H13F3O4S/c9-8(10,11)7(5-16(12,13)14)15-6-3-1-2-4-6/h6-7H,1-5H2,(H,12,13,14). The molecule has 8 heteroatoms. The lowest BCUT2D eigenvalue weighted by molar-refractivity contribution is -0.224. The van der Waals surface area contributed by atoms with E-state index in [1.54, 1.807) is 0 Å². The molecule has 1 saturated carbocycles. The second kappa shape index (κ2) is 4.89. The van der Waals surface area contributed by atoms with Gasteiger partial charge in [-0.25, -0.2) is 0 Å². The zero-order valence-electron chi connectivity index (χ0n) is 8.40. The van der Waals surface area contributed by atoms with Crippen LogP contribution < -0.4 is 0 Å². The van der Waals surface area contributed by atoms with Gasteiger partial charge in [0, 0.05) is 0 Å². The van der Waals surface area contributed by atoms with Gasteiger partial charge >= 0.3 is 6.18 Å². The summed E-state index contributed by atoms with van der Waals surface area (Å²) in [5, 5.41) is 0. The SMILES string of the molecule is O=S(=O)(O)CC(OC1CCCC1)C(F)(F)F. The Morgan fingerprint density at radius 3 is 2.19 bits per heavy atom. The van der Waals surface area contributed by atoms with Gasteiger partial charge in [0.1, 0.15) is 5.75 Å². The van der Waals surface area contributed by atoms with Crippen LogP contribution in [0.4, 0.5) is 13.2 Å². The van der Waals surface area contributed by atoms with Crippen molar-refractivity contribution < 1.29 is 30.9 Å². The third-order valence-electron chi connectivity index (χ3n) is 2.39. The highest BCUT2D eigenvalue weighted by atomic mass is 32.2. The summed E-state index contributed by atoms with van der Waals surface area (Å²) >= 11 is 0. The summed E-state index contributed by atoms with van der Waals surface area (Å²) in [7, 11) is -4.69. The molecule has 1 aliphatic carbocycles. The highest BCUT2D eigenvalue weighted by molar-refractivity contribution is 7.85. The lowest BCUT2D eigenvalue weighted by Gasteiger charge is -2.23. The monoisotopic (exact) mass is 262 g/mol. The highest BCUT2D eigenvalue weighted by Crippen LogP contribution is 2.29. The van der Waals surface area contributed by atoms with E-state index in [4.69, 9.17) is 4.55 Å². The molecule has 0 aromatic heterocycles. The van der Waals surface area contributed by atoms with E-state index < -0.39 is 34.3 Å². The van der Waals surface area contributed by atoms with E-state index >= 15 is 0 Å². The molecule has 1 unspecified atom stereocenters. The van der Waals surface area contributed by atoms with Crippen LogP contribution in [0.15, 0.2) is 0 Å². The molecule has 0 amide bonds. The molecule has 1 fully saturated rings. The third-order valence-corrected chi connectivity index (χ3v) is 3.11. The van der Waals surface area contributed by atoms with Crippen LogP contribution in [-0.4, -0.2) is 37.1 Å². The molecular formula is C8H13F3O4S. The first-order chi connectivity index (χ1) is 7.18. The van der Waals surface area contributed by atoms with Crippen molar-refractivity contribution in [2.24, 2.45) is 0 Å². The molecule has 0 radical (unpaired) electrons. The molecule has 1 rings (SSSR count). The number of ether oxygens (including phenoxy) is 1. The number of hydrogen-bond donors (Lipinski definition) is 1. The number of rotatable bonds is 4. The predicted molar refractivity (Wildman–Crippen MR) is 49.6 cm³/mol. The average Bonchev–Trinajstić information content (AvgIpc) is 2.51. The normalized spacial score (nSPS) is 21.2. The minimum Gasteiger partial charge on any atom is -0.364 e. The minimum atomic E-state index is -4.78. The van der Waals surface area contributed by atoms with E-state index in [1.807, 2.05) is 0 Å². The molecule has 1 aliphatic rings. The fourth-order valence-electron chi connectivity index (χ4n) is 1.66. The second-order valence-corrected chi connectivity index (χ2v) is 5.32. The Balaban J connectivity index is 2.64. The Kier molecular flexibility index (Phi) is 4.19. The molecular weight excluding hydrogens is 249 g/mol. The van der Waals surface area contributed by atoms with Crippen LogP contribution in [0.25, 0.3) is 0 Å². The summed E-state index contributed by atoms with van der Waals surface area (Å²) < 4.78 is 71.2. The van der Waals surface area contributed by atoms with Gasteiger partial charge in [-0.1, -0.05) is 12.8 Å². The van der Waals surface area contributed by atoms with E-state index in [-0.39, 0.29) is 0 Å². The van der Waals surface area contributed by atoms with Crippen LogP contribution in [0.2, 0.25) is 0 Å². The molecule has 0 bridgehead atoms. The molecule has 96 valence electrons. The topological polar surface area (TPSA) is 63.6 Å². The van der Waals surface area contributed by atoms with Gasteiger partial charge in [-0.05, 0) is 12.8 Å². The van der Waals surface area contributed by atoms with Crippen molar-refractivity contribution in [3.63, 3.8) is 0 Å². The van der Waals surface area contributed by atoms with E-state index in [0.29, 0.717) is 12.8 Å². The maximum Gasteiger partial charge on any atom is 0.415 e. The maximum absolute atomic E-state index is 12.4. The quantitative estimate of drug-likeness (QED) is 0.784. The largest absolute Gasteiger partial charge is 0.415 e. The minimum absolute atomic E-state index is 0.498. The summed E-state index contributed by atoms with van der Waals surface area (Å²) in [5.74, 6) is -1.44. The van der Waals surface area contributed by atoms with Crippen LogP contribution in [-0.2, 0) is 14.9 Å². The van der Waals surface area contributed by atoms with Gasteiger partial charge in [-0.3, -0.25) is 4.55 Å². The maximum atomic E-state index is 12.4. The number of hydrogen-bond acceptors (Lipinski definition) is 3. The van der Waals surface area contributed by atoms with Crippen molar-refractivity contribution in [2.75, 3.05) is 5.75 Å². The van der Waals surface area contributed by atoms with Gasteiger partial charge in [0.05, 0.1) is 6.10 Å². The highest BCUT2D eigenvalue weighted by Gasteiger charge is 2.44. The van der Waals surface area contributed by atoms with Crippen molar-refractivity contribution >= 4 is 10.1 Å². The van der Waals surface area contributed by atoms with E-state index in [0.717, 1.165) is 12.8 Å². The van der Waals surface area contributed by atoms with Gasteiger partial charge in [-0.15, -0.1) is 0 Å². The third kappa shape index (κ3) is 4.67. The zero-order valence-corrected chi connectivity index (χ0v) is 9.22. The van der Waals surface area contributed by atoms with Crippen LogP contribution in [0.1, 0.15) is 25.7 Å². The second-order valence-electron chi connectivity index (χ2n) is 3.82.